The highest BCUT2D eigenvalue weighted by Gasteiger charge is 2.33. The molecule has 1 aliphatic heterocycles. The minimum Gasteiger partial charge on any atom is -0.467 e. The van der Waals surface area contributed by atoms with Gasteiger partial charge in [0.1, 0.15) is 12.1 Å². The number of furan rings is 1. The van der Waals surface area contributed by atoms with Crippen LogP contribution in [0.2, 0.25) is 5.02 Å². The Hall–Kier alpha value is -3.24. The lowest BCUT2D eigenvalue weighted by atomic mass is 9.95. The molecule has 0 radical (unpaired) electrons. The second kappa shape index (κ2) is 9.92. The third-order valence-electron chi connectivity index (χ3n) is 4.68. The smallest absolute Gasteiger partial charge is 0.338 e. The number of thioether (sulfide) groups is 1. The Labute approximate surface area is 193 Å². The van der Waals surface area contributed by atoms with Gasteiger partial charge in [-0.2, -0.15) is 0 Å². The summed E-state index contributed by atoms with van der Waals surface area (Å²) >= 11 is 7.34. The van der Waals surface area contributed by atoms with Crippen LogP contribution < -0.4 is 10.6 Å². The monoisotopic (exact) mass is 473 g/mol. The topological polar surface area (TPSA) is 111 Å². The first-order valence-corrected chi connectivity index (χ1v) is 11.2. The highest BCUT2D eigenvalue weighted by Crippen LogP contribution is 2.31. The van der Waals surface area contributed by atoms with Crippen LogP contribution >= 0.6 is 23.4 Å². The van der Waals surface area contributed by atoms with Crippen LogP contribution in [0.15, 0.2) is 69.8 Å². The highest BCUT2D eigenvalue weighted by molar-refractivity contribution is 7.99. The standard InChI is InChI=1S/C21H20ClN5O4S/c1-2-30-19(28)17-16(24-20(29)25-18(17)13-5-7-14(22)8-6-13)11-32-21-26-23-12-27(21)10-15-4-3-9-31-15/h3-9,12,18H,2,10-11H2,1H3,(H2,24,25,29). The van der Waals surface area contributed by atoms with Crippen LogP contribution in [-0.4, -0.2) is 39.1 Å². The molecule has 0 bridgehead atoms. The van der Waals surface area contributed by atoms with Gasteiger partial charge >= 0.3 is 12.0 Å². The molecule has 4 rings (SSSR count). The van der Waals surface area contributed by atoms with Crippen molar-refractivity contribution in [3.63, 3.8) is 0 Å². The Morgan fingerprint density at radius 3 is 2.84 bits per heavy atom. The van der Waals surface area contributed by atoms with Gasteiger partial charge in [0, 0.05) is 16.5 Å². The summed E-state index contributed by atoms with van der Waals surface area (Å²) < 4.78 is 12.5. The van der Waals surface area contributed by atoms with Crippen LogP contribution in [-0.2, 0) is 16.1 Å². The average molecular weight is 474 g/mol. The molecule has 1 atom stereocenters. The molecule has 11 heteroatoms. The van der Waals surface area contributed by atoms with Gasteiger partial charge in [0.15, 0.2) is 5.16 Å². The average Bonchev–Trinajstić information content (AvgIpc) is 3.45. The minimum atomic E-state index is -0.670. The number of urea groups is 1. The zero-order chi connectivity index (χ0) is 22.5. The van der Waals surface area contributed by atoms with Crippen molar-refractivity contribution >= 4 is 35.4 Å². The summed E-state index contributed by atoms with van der Waals surface area (Å²) in [4.78, 5) is 25.3. The van der Waals surface area contributed by atoms with Crippen molar-refractivity contribution in [3.05, 3.63) is 76.6 Å². The van der Waals surface area contributed by atoms with Gasteiger partial charge in [-0.3, -0.25) is 0 Å². The van der Waals surface area contributed by atoms with Crippen molar-refractivity contribution in [1.82, 2.24) is 25.4 Å². The van der Waals surface area contributed by atoms with E-state index in [2.05, 4.69) is 20.8 Å². The summed E-state index contributed by atoms with van der Waals surface area (Å²) in [7, 11) is 0. The van der Waals surface area contributed by atoms with E-state index >= 15 is 0 Å². The fourth-order valence-electron chi connectivity index (χ4n) is 3.26. The number of halogens is 1. The van der Waals surface area contributed by atoms with Gasteiger partial charge in [-0.25, -0.2) is 9.59 Å². The van der Waals surface area contributed by atoms with E-state index in [1.807, 2.05) is 16.7 Å². The van der Waals surface area contributed by atoms with Gasteiger partial charge in [0.25, 0.3) is 0 Å². The van der Waals surface area contributed by atoms with Crippen LogP contribution in [0.3, 0.4) is 0 Å². The fourth-order valence-corrected chi connectivity index (χ4v) is 4.27. The molecule has 2 aromatic heterocycles. The van der Waals surface area contributed by atoms with Crippen LogP contribution in [0.1, 0.15) is 24.3 Å². The van der Waals surface area contributed by atoms with Gasteiger partial charge in [-0.1, -0.05) is 35.5 Å². The maximum atomic E-state index is 12.9. The van der Waals surface area contributed by atoms with E-state index in [9.17, 15) is 9.59 Å². The van der Waals surface area contributed by atoms with E-state index in [-0.39, 0.29) is 12.4 Å². The van der Waals surface area contributed by atoms with Crippen molar-refractivity contribution < 1.29 is 18.7 Å². The van der Waals surface area contributed by atoms with Crippen molar-refractivity contribution in [2.75, 3.05) is 12.4 Å². The fraction of sp³-hybridized carbons (Fsp3) is 0.238. The molecule has 3 heterocycles. The molecule has 1 unspecified atom stereocenters. The van der Waals surface area contributed by atoms with Crippen LogP contribution in [0, 0.1) is 0 Å². The Morgan fingerprint density at radius 1 is 1.31 bits per heavy atom. The van der Waals surface area contributed by atoms with Crippen LogP contribution in [0.4, 0.5) is 4.79 Å². The summed E-state index contributed by atoms with van der Waals surface area (Å²) in [6.07, 6.45) is 3.20. The molecule has 0 aliphatic carbocycles. The predicted octanol–water partition coefficient (Wildman–Crippen LogP) is 3.54. The van der Waals surface area contributed by atoms with Gasteiger partial charge in [0.05, 0.1) is 31.0 Å². The van der Waals surface area contributed by atoms with E-state index in [4.69, 9.17) is 20.8 Å². The third-order valence-corrected chi connectivity index (χ3v) is 5.94. The van der Waals surface area contributed by atoms with Gasteiger partial charge < -0.3 is 24.4 Å². The number of esters is 1. The van der Waals surface area contributed by atoms with Crippen molar-refractivity contribution in [1.29, 1.82) is 0 Å². The van der Waals surface area contributed by atoms with E-state index in [1.54, 1.807) is 43.8 Å². The van der Waals surface area contributed by atoms with Gasteiger partial charge in [-0.15, -0.1) is 10.2 Å². The summed E-state index contributed by atoms with van der Waals surface area (Å²) in [6, 6.07) is 9.54. The molecular weight excluding hydrogens is 454 g/mol. The van der Waals surface area contributed by atoms with Crippen LogP contribution in [0.5, 0.6) is 0 Å². The number of nitrogens with zero attached hydrogens (tertiary/aromatic N) is 3. The number of hydrogen-bond acceptors (Lipinski definition) is 7. The van der Waals surface area contributed by atoms with E-state index in [1.165, 1.54) is 11.8 Å². The Morgan fingerprint density at radius 2 is 2.12 bits per heavy atom. The number of benzene rings is 1. The molecule has 32 heavy (non-hydrogen) atoms. The Balaban J connectivity index is 1.62. The number of hydrogen-bond donors (Lipinski definition) is 2. The number of carbonyl (C=O) groups excluding carboxylic acids is 2. The number of ether oxygens (including phenoxy) is 1. The summed E-state index contributed by atoms with van der Waals surface area (Å²) in [5, 5.41) is 14.8. The third kappa shape index (κ3) is 4.97. The lowest BCUT2D eigenvalue weighted by Gasteiger charge is -2.29. The van der Waals surface area contributed by atoms with E-state index in [0.29, 0.717) is 28.0 Å². The summed E-state index contributed by atoms with van der Waals surface area (Å²) in [6.45, 7) is 2.41. The lowest BCUT2D eigenvalue weighted by Crippen LogP contribution is -2.46. The van der Waals surface area contributed by atoms with Gasteiger partial charge in [0.2, 0.25) is 0 Å². The van der Waals surface area contributed by atoms with Crippen molar-refractivity contribution in [2.24, 2.45) is 0 Å². The Kier molecular flexibility index (Phi) is 6.81. The molecule has 1 aromatic carbocycles. The zero-order valence-corrected chi connectivity index (χ0v) is 18.7. The first-order valence-electron chi connectivity index (χ1n) is 9.81. The summed E-state index contributed by atoms with van der Waals surface area (Å²) in [5.41, 5.74) is 1.50. The molecule has 9 nitrogen and oxygen atoms in total. The quantitative estimate of drug-likeness (QED) is 0.380. The molecule has 0 saturated carbocycles. The SMILES string of the molecule is CCOC(=O)C1=C(CSc2nncn2Cc2ccco2)NC(=O)NC1c1ccc(Cl)cc1. The Bertz CT molecular complexity index is 1130. The number of aromatic nitrogens is 3. The molecule has 2 N–H and O–H groups in total. The molecule has 166 valence electrons. The highest BCUT2D eigenvalue weighted by atomic mass is 35.5. The van der Waals surface area contributed by atoms with E-state index in [0.717, 1.165) is 11.3 Å². The second-order valence-electron chi connectivity index (χ2n) is 6.81. The molecule has 1 aliphatic rings. The predicted molar refractivity (Wildman–Crippen MR) is 118 cm³/mol. The van der Waals surface area contributed by atoms with Crippen LogP contribution in [0.25, 0.3) is 0 Å². The molecule has 0 spiro atoms. The first-order chi connectivity index (χ1) is 15.5. The molecule has 2 amide bonds. The molecule has 0 saturated heterocycles. The number of nitrogens with one attached hydrogen (secondary N) is 2. The first kappa shape index (κ1) is 22.0. The maximum absolute atomic E-state index is 12.9. The van der Waals surface area contributed by atoms with Gasteiger partial charge in [-0.05, 0) is 36.8 Å². The second-order valence-corrected chi connectivity index (χ2v) is 8.18. The molecule has 0 fully saturated rings. The number of carbonyl (C=O) groups is 2. The minimum absolute atomic E-state index is 0.210. The molecular formula is C21H20ClN5O4S. The number of amides is 2. The zero-order valence-electron chi connectivity index (χ0n) is 17.1. The summed E-state index contributed by atoms with van der Waals surface area (Å²) in [5.74, 6) is 0.534. The van der Waals surface area contributed by atoms with Crippen molar-refractivity contribution in [2.45, 2.75) is 24.7 Å². The largest absolute Gasteiger partial charge is 0.467 e. The van der Waals surface area contributed by atoms with E-state index < -0.39 is 18.0 Å². The number of rotatable bonds is 8. The van der Waals surface area contributed by atoms with Crippen molar-refractivity contribution in [3.8, 4) is 0 Å². The lowest BCUT2D eigenvalue weighted by molar-refractivity contribution is -0.139. The maximum Gasteiger partial charge on any atom is 0.338 e. The molecule has 3 aromatic rings. The normalized spacial score (nSPS) is 15.9.